The highest BCUT2D eigenvalue weighted by atomic mass is 16.1. The number of aromatic amines is 2. The normalized spacial score (nSPS) is 10.8. The van der Waals surface area contributed by atoms with Crippen molar-refractivity contribution in [1.82, 2.24) is 15.2 Å². The average molecular weight is 297 g/mol. The molecular weight excluding hydrogens is 282 g/mol. The summed E-state index contributed by atoms with van der Waals surface area (Å²) in [6, 6.07) is 9.30. The number of nitrogen functional groups attached to an aromatic ring is 1. The number of rotatable bonds is 2. The number of benzene rings is 1. The van der Waals surface area contributed by atoms with Crippen molar-refractivity contribution in [3.05, 3.63) is 51.0 Å². The predicted octanol–water partition coefficient (Wildman–Crippen LogP) is 0.927. The first-order valence-electron chi connectivity index (χ1n) is 6.67. The van der Waals surface area contributed by atoms with Gasteiger partial charge in [-0.3, -0.25) is 19.8 Å². The molecule has 0 aliphatic carbocycles. The Morgan fingerprint density at radius 3 is 2.18 bits per heavy atom. The number of fused-ring (bicyclic) bond motifs is 1. The van der Waals surface area contributed by atoms with Gasteiger partial charge in [0, 0.05) is 19.7 Å². The van der Waals surface area contributed by atoms with Crippen molar-refractivity contribution in [2.45, 2.75) is 0 Å². The maximum absolute atomic E-state index is 12.2. The van der Waals surface area contributed by atoms with Crippen LogP contribution in [0.1, 0.15) is 0 Å². The Labute approximate surface area is 125 Å². The molecule has 0 saturated carbocycles. The highest BCUT2D eigenvalue weighted by molar-refractivity contribution is 6.03. The molecule has 7 heteroatoms. The summed E-state index contributed by atoms with van der Waals surface area (Å²) in [5.41, 5.74) is 6.71. The third-order valence-electron chi connectivity index (χ3n) is 3.43. The van der Waals surface area contributed by atoms with E-state index in [2.05, 4.69) is 15.2 Å². The topological polar surface area (TPSA) is 108 Å². The number of nitrogens with zero attached hydrogens (tertiary/aromatic N) is 2. The van der Waals surface area contributed by atoms with E-state index in [1.54, 1.807) is 19.0 Å². The lowest BCUT2D eigenvalue weighted by molar-refractivity contribution is 0.970. The van der Waals surface area contributed by atoms with Crippen LogP contribution >= 0.6 is 0 Å². The fourth-order valence-electron chi connectivity index (χ4n) is 2.42. The van der Waals surface area contributed by atoms with Crippen molar-refractivity contribution in [2.24, 2.45) is 0 Å². The Kier molecular flexibility index (Phi) is 3.17. The largest absolute Gasteiger partial charge is 0.396 e. The monoisotopic (exact) mass is 297 g/mol. The zero-order valence-corrected chi connectivity index (χ0v) is 12.2. The Morgan fingerprint density at radius 1 is 1.00 bits per heavy atom. The minimum atomic E-state index is -0.449. The van der Waals surface area contributed by atoms with E-state index in [1.807, 2.05) is 30.3 Å². The van der Waals surface area contributed by atoms with Crippen LogP contribution in [-0.2, 0) is 0 Å². The van der Waals surface area contributed by atoms with Crippen LogP contribution in [0.3, 0.4) is 0 Å². The Bertz CT molecular complexity index is 957. The first-order valence-corrected chi connectivity index (χ1v) is 6.67. The molecule has 0 atom stereocenters. The van der Waals surface area contributed by atoms with Gasteiger partial charge in [-0.1, -0.05) is 30.3 Å². The van der Waals surface area contributed by atoms with Gasteiger partial charge in [-0.25, -0.2) is 4.98 Å². The number of aromatic nitrogens is 3. The molecule has 0 saturated heterocycles. The van der Waals surface area contributed by atoms with Crippen molar-refractivity contribution in [3.63, 3.8) is 0 Å². The van der Waals surface area contributed by atoms with Crippen LogP contribution in [0.15, 0.2) is 39.9 Å². The zero-order valence-electron chi connectivity index (χ0n) is 12.2. The maximum atomic E-state index is 12.2. The highest BCUT2D eigenvalue weighted by Gasteiger charge is 2.19. The van der Waals surface area contributed by atoms with E-state index >= 15 is 0 Å². The summed E-state index contributed by atoms with van der Waals surface area (Å²) in [5.74, 6) is 0.399. The van der Waals surface area contributed by atoms with E-state index in [4.69, 9.17) is 5.73 Å². The zero-order chi connectivity index (χ0) is 15.9. The molecule has 1 aromatic carbocycles. The first-order chi connectivity index (χ1) is 10.5. The molecule has 22 heavy (non-hydrogen) atoms. The minimum Gasteiger partial charge on any atom is -0.396 e. The second-order valence-electron chi connectivity index (χ2n) is 5.12. The van der Waals surface area contributed by atoms with E-state index in [9.17, 15) is 9.59 Å². The van der Waals surface area contributed by atoms with E-state index in [1.165, 1.54) is 0 Å². The molecular formula is C15H15N5O2. The molecule has 0 spiro atoms. The van der Waals surface area contributed by atoms with Gasteiger partial charge < -0.3 is 10.6 Å². The maximum Gasteiger partial charge on any atom is 0.274 e. The molecule has 0 fully saturated rings. The average Bonchev–Trinajstić information content (AvgIpc) is 2.51. The molecule has 0 unspecified atom stereocenters. The Hall–Kier alpha value is -3.09. The molecule has 7 nitrogen and oxygen atoms in total. The summed E-state index contributed by atoms with van der Waals surface area (Å²) in [7, 11) is 3.51. The van der Waals surface area contributed by atoms with Crippen LogP contribution in [0.25, 0.3) is 22.0 Å². The van der Waals surface area contributed by atoms with Crippen LogP contribution < -0.4 is 21.8 Å². The van der Waals surface area contributed by atoms with Gasteiger partial charge in [0.15, 0.2) is 0 Å². The third-order valence-corrected chi connectivity index (χ3v) is 3.43. The molecule has 0 aliphatic heterocycles. The fraction of sp³-hybridized carbons (Fsp3) is 0.133. The van der Waals surface area contributed by atoms with Crippen molar-refractivity contribution in [3.8, 4) is 11.3 Å². The van der Waals surface area contributed by atoms with Crippen molar-refractivity contribution in [2.75, 3.05) is 24.7 Å². The number of nitrogens with one attached hydrogen (secondary N) is 2. The molecule has 0 amide bonds. The van der Waals surface area contributed by atoms with Gasteiger partial charge in [-0.2, -0.15) is 0 Å². The molecule has 0 radical (unpaired) electrons. The predicted molar refractivity (Wildman–Crippen MR) is 87.2 cm³/mol. The summed E-state index contributed by atoms with van der Waals surface area (Å²) in [6.07, 6.45) is 0. The third kappa shape index (κ3) is 2.03. The van der Waals surface area contributed by atoms with Crippen molar-refractivity contribution >= 4 is 22.3 Å². The second-order valence-corrected chi connectivity index (χ2v) is 5.12. The van der Waals surface area contributed by atoms with Gasteiger partial charge in [0.1, 0.15) is 5.82 Å². The Morgan fingerprint density at radius 2 is 1.59 bits per heavy atom. The summed E-state index contributed by atoms with van der Waals surface area (Å²) in [5, 5.41) is 4.96. The van der Waals surface area contributed by atoms with Gasteiger partial charge >= 0.3 is 0 Å². The lowest BCUT2D eigenvalue weighted by Crippen LogP contribution is -2.24. The smallest absolute Gasteiger partial charge is 0.274 e. The van der Waals surface area contributed by atoms with E-state index < -0.39 is 11.1 Å². The van der Waals surface area contributed by atoms with E-state index in [-0.39, 0.29) is 16.5 Å². The van der Waals surface area contributed by atoms with Gasteiger partial charge in [-0.05, 0) is 0 Å². The van der Waals surface area contributed by atoms with Gasteiger partial charge in [-0.15, -0.1) is 0 Å². The first kappa shape index (κ1) is 13.9. The number of pyridine rings is 1. The summed E-state index contributed by atoms with van der Waals surface area (Å²) >= 11 is 0. The lowest BCUT2D eigenvalue weighted by Gasteiger charge is -2.17. The van der Waals surface area contributed by atoms with E-state index in [0.29, 0.717) is 11.5 Å². The van der Waals surface area contributed by atoms with Crippen LogP contribution in [0.2, 0.25) is 0 Å². The standard InChI is InChI=1S/C15H15N5O2/c1-20(2)13-10-9(14(21)18-19-15(10)22)11(16)12(17-13)8-6-4-3-5-7-8/h3-7H,16H2,1-2H3,(H,18,21)(H,19,22). The SMILES string of the molecule is CN(C)c1nc(-c2ccccc2)c(N)c2c(=O)[nH][nH]c(=O)c12. The highest BCUT2D eigenvalue weighted by Crippen LogP contribution is 2.31. The van der Waals surface area contributed by atoms with Crippen LogP contribution in [0, 0.1) is 0 Å². The van der Waals surface area contributed by atoms with Crippen LogP contribution in [0.5, 0.6) is 0 Å². The molecule has 4 N–H and O–H groups in total. The Balaban J connectivity index is 2.53. The quantitative estimate of drug-likeness (QED) is 0.652. The second kappa shape index (κ2) is 5.03. The molecule has 0 aliphatic rings. The fourth-order valence-corrected chi connectivity index (χ4v) is 2.42. The summed E-state index contributed by atoms with van der Waals surface area (Å²) in [6.45, 7) is 0. The van der Waals surface area contributed by atoms with Crippen LogP contribution in [0.4, 0.5) is 11.5 Å². The van der Waals surface area contributed by atoms with Crippen molar-refractivity contribution < 1.29 is 0 Å². The number of nitrogens with two attached hydrogens (primary N) is 1. The molecule has 112 valence electrons. The van der Waals surface area contributed by atoms with Gasteiger partial charge in [0.2, 0.25) is 0 Å². The van der Waals surface area contributed by atoms with E-state index in [0.717, 1.165) is 5.56 Å². The molecule has 0 bridgehead atoms. The van der Waals surface area contributed by atoms with Crippen molar-refractivity contribution in [1.29, 1.82) is 0 Å². The van der Waals surface area contributed by atoms with Gasteiger partial charge in [0.25, 0.3) is 11.1 Å². The molecule has 3 aromatic rings. The summed E-state index contributed by atoms with van der Waals surface area (Å²) in [4.78, 5) is 30.5. The molecule has 2 heterocycles. The summed E-state index contributed by atoms with van der Waals surface area (Å²) < 4.78 is 0. The molecule has 2 aromatic heterocycles. The number of hydrogen-bond acceptors (Lipinski definition) is 5. The van der Waals surface area contributed by atoms with Crippen LogP contribution in [-0.4, -0.2) is 29.3 Å². The van der Waals surface area contributed by atoms with Gasteiger partial charge in [0.05, 0.1) is 22.2 Å². The number of H-pyrrole nitrogens is 2. The lowest BCUT2D eigenvalue weighted by atomic mass is 10.1. The number of hydrogen-bond donors (Lipinski definition) is 3. The minimum absolute atomic E-state index is 0.154. The number of anilines is 2. The molecule has 3 rings (SSSR count).